The van der Waals surface area contributed by atoms with Crippen molar-refractivity contribution in [3.05, 3.63) is 76.7 Å². The summed E-state index contributed by atoms with van der Waals surface area (Å²) in [6, 6.07) is 12.1. The number of anilines is 1. The fraction of sp³-hybridized carbons (Fsp3) is 0.182. The maximum atomic E-state index is 14.3. The summed E-state index contributed by atoms with van der Waals surface area (Å²) in [7, 11) is 0. The van der Waals surface area contributed by atoms with E-state index in [1.165, 1.54) is 23.3 Å². The van der Waals surface area contributed by atoms with Crippen LogP contribution < -0.4 is 15.4 Å². The fourth-order valence-corrected chi connectivity index (χ4v) is 3.81. The molecule has 0 fully saturated rings. The standard InChI is InChI=1S/C22H18FN3O2/c23-17-8-14(19-3-5-25-22-20(19)4-6-28-22)7-15(9-17)21(27)26-18-2-1-13-11-24-12-16(13)10-18/h1-3,5,7-10,24H,4,6,11-12H2,(H,26,27). The smallest absolute Gasteiger partial charge is 0.255 e. The van der Waals surface area contributed by atoms with E-state index in [9.17, 15) is 9.18 Å². The number of halogens is 1. The van der Waals surface area contributed by atoms with E-state index in [1.807, 2.05) is 24.3 Å². The van der Waals surface area contributed by atoms with Gasteiger partial charge in [-0.1, -0.05) is 6.07 Å². The molecular weight excluding hydrogens is 357 g/mol. The van der Waals surface area contributed by atoms with E-state index in [4.69, 9.17) is 4.74 Å². The number of nitrogens with zero attached hydrogens (tertiary/aromatic N) is 1. The van der Waals surface area contributed by atoms with Gasteiger partial charge in [0.1, 0.15) is 5.82 Å². The molecular formula is C22H18FN3O2. The van der Waals surface area contributed by atoms with Gasteiger partial charge in [0, 0.05) is 42.5 Å². The minimum atomic E-state index is -0.453. The highest BCUT2D eigenvalue weighted by Crippen LogP contribution is 2.33. The van der Waals surface area contributed by atoms with E-state index >= 15 is 0 Å². The topological polar surface area (TPSA) is 63.2 Å². The molecule has 140 valence electrons. The van der Waals surface area contributed by atoms with Crippen molar-refractivity contribution in [2.45, 2.75) is 19.5 Å². The summed E-state index contributed by atoms with van der Waals surface area (Å²) in [5.74, 6) is -0.210. The van der Waals surface area contributed by atoms with Gasteiger partial charge < -0.3 is 15.4 Å². The van der Waals surface area contributed by atoms with Crippen molar-refractivity contribution < 1.29 is 13.9 Å². The highest BCUT2D eigenvalue weighted by Gasteiger charge is 2.20. The number of pyridine rings is 1. The van der Waals surface area contributed by atoms with Crippen molar-refractivity contribution in [3.63, 3.8) is 0 Å². The van der Waals surface area contributed by atoms with Crippen molar-refractivity contribution in [3.8, 4) is 17.0 Å². The quantitative estimate of drug-likeness (QED) is 0.733. The molecule has 1 aromatic heterocycles. The van der Waals surface area contributed by atoms with Crippen LogP contribution >= 0.6 is 0 Å². The van der Waals surface area contributed by atoms with Crippen molar-refractivity contribution >= 4 is 11.6 Å². The number of nitrogens with one attached hydrogen (secondary N) is 2. The average molecular weight is 375 g/mol. The molecule has 1 amide bonds. The zero-order valence-electron chi connectivity index (χ0n) is 15.1. The molecule has 0 saturated heterocycles. The molecule has 3 aromatic rings. The van der Waals surface area contributed by atoms with Crippen LogP contribution in [-0.2, 0) is 19.5 Å². The van der Waals surface area contributed by atoms with Gasteiger partial charge in [0.25, 0.3) is 5.91 Å². The Balaban J connectivity index is 1.46. The third-order valence-corrected chi connectivity index (χ3v) is 5.17. The van der Waals surface area contributed by atoms with Crippen LogP contribution in [0.5, 0.6) is 5.88 Å². The highest BCUT2D eigenvalue weighted by atomic mass is 19.1. The van der Waals surface area contributed by atoms with Crippen molar-refractivity contribution in [2.75, 3.05) is 11.9 Å². The normalized spacial score (nSPS) is 14.3. The van der Waals surface area contributed by atoms with Crippen LogP contribution in [0.1, 0.15) is 27.0 Å². The second-order valence-corrected chi connectivity index (χ2v) is 7.01. The molecule has 2 N–H and O–H groups in total. The van der Waals surface area contributed by atoms with Gasteiger partial charge in [-0.3, -0.25) is 4.79 Å². The average Bonchev–Trinajstić information content (AvgIpc) is 3.35. The molecule has 3 heterocycles. The summed E-state index contributed by atoms with van der Waals surface area (Å²) in [6.07, 6.45) is 2.36. The summed E-state index contributed by atoms with van der Waals surface area (Å²) in [6.45, 7) is 2.20. The summed E-state index contributed by atoms with van der Waals surface area (Å²) in [4.78, 5) is 17.0. The molecule has 28 heavy (non-hydrogen) atoms. The van der Waals surface area contributed by atoms with Gasteiger partial charge in [-0.15, -0.1) is 0 Å². The second-order valence-electron chi connectivity index (χ2n) is 7.01. The van der Waals surface area contributed by atoms with Gasteiger partial charge in [0.05, 0.1) is 6.61 Å². The number of hydrogen-bond acceptors (Lipinski definition) is 4. The van der Waals surface area contributed by atoms with Crippen molar-refractivity contribution in [2.24, 2.45) is 0 Å². The largest absolute Gasteiger partial charge is 0.477 e. The first-order valence-electron chi connectivity index (χ1n) is 9.23. The number of benzene rings is 2. The lowest BCUT2D eigenvalue weighted by atomic mass is 9.98. The molecule has 0 unspecified atom stereocenters. The molecule has 5 rings (SSSR count). The van der Waals surface area contributed by atoms with E-state index in [0.717, 1.165) is 30.6 Å². The lowest BCUT2D eigenvalue weighted by Gasteiger charge is -2.11. The van der Waals surface area contributed by atoms with Crippen LogP contribution in [0.4, 0.5) is 10.1 Å². The van der Waals surface area contributed by atoms with E-state index in [1.54, 1.807) is 12.3 Å². The fourth-order valence-electron chi connectivity index (χ4n) is 3.81. The van der Waals surface area contributed by atoms with Gasteiger partial charge in [-0.2, -0.15) is 0 Å². The third-order valence-electron chi connectivity index (χ3n) is 5.17. The van der Waals surface area contributed by atoms with Crippen LogP contribution in [-0.4, -0.2) is 17.5 Å². The minimum absolute atomic E-state index is 0.276. The van der Waals surface area contributed by atoms with Gasteiger partial charge in [0.15, 0.2) is 0 Å². The Kier molecular flexibility index (Phi) is 4.06. The molecule has 0 saturated carbocycles. The number of carbonyl (C=O) groups excluding carboxylic acids is 1. The Bertz CT molecular complexity index is 1100. The molecule has 0 spiro atoms. The number of fused-ring (bicyclic) bond motifs is 2. The molecule has 0 radical (unpaired) electrons. The Hall–Kier alpha value is -3.25. The lowest BCUT2D eigenvalue weighted by Crippen LogP contribution is -2.12. The number of ether oxygens (including phenoxy) is 1. The third kappa shape index (κ3) is 3.01. The second kappa shape index (κ2) is 6.73. The van der Waals surface area contributed by atoms with Crippen LogP contribution in [0.3, 0.4) is 0 Å². The minimum Gasteiger partial charge on any atom is -0.477 e. The molecule has 5 nitrogen and oxygen atoms in total. The molecule has 2 aliphatic rings. The van der Waals surface area contributed by atoms with Crippen LogP contribution in [0.15, 0.2) is 48.7 Å². The molecule has 0 bridgehead atoms. The number of carbonyl (C=O) groups is 1. The summed E-state index contributed by atoms with van der Waals surface area (Å²) < 4.78 is 19.8. The van der Waals surface area contributed by atoms with Crippen LogP contribution in [0.2, 0.25) is 0 Å². The Morgan fingerprint density at radius 2 is 2.00 bits per heavy atom. The number of aromatic nitrogens is 1. The van der Waals surface area contributed by atoms with Gasteiger partial charge >= 0.3 is 0 Å². The first-order chi connectivity index (χ1) is 13.7. The first-order valence-corrected chi connectivity index (χ1v) is 9.23. The summed E-state index contributed by atoms with van der Waals surface area (Å²) in [5.41, 5.74) is 5.83. The van der Waals surface area contributed by atoms with Gasteiger partial charge in [-0.05, 0) is 58.7 Å². The zero-order valence-corrected chi connectivity index (χ0v) is 15.1. The van der Waals surface area contributed by atoms with Crippen LogP contribution in [0.25, 0.3) is 11.1 Å². The van der Waals surface area contributed by atoms with Crippen molar-refractivity contribution in [1.29, 1.82) is 0 Å². The van der Waals surface area contributed by atoms with Crippen molar-refractivity contribution in [1.82, 2.24) is 10.3 Å². The molecule has 2 aromatic carbocycles. The molecule has 0 aliphatic carbocycles. The summed E-state index contributed by atoms with van der Waals surface area (Å²) in [5, 5.41) is 6.15. The highest BCUT2D eigenvalue weighted by molar-refractivity contribution is 6.05. The van der Waals surface area contributed by atoms with E-state index in [2.05, 4.69) is 15.6 Å². The molecule has 0 atom stereocenters. The molecule has 2 aliphatic heterocycles. The maximum Gasteiger partial charge on any atom is 0.255 e. The SMILES string of the molecule is O=C(Nc1ccc2c(c1)CNC2)c1cc(F)cc(-c2ccnc3c2CCO3)c1. The summed E-state index contributed by atoms with van der Waals surface area (Å²) >= 11 is 0. The Labute approximate surface area is 161 Å². The van der Waals surface area contributed by atoms with Crippen LogP contribution in [0, 0.1) is 5.82 Å². The van der Waals surface area contributed by atoms with Gasteiger partial charge in [0.2, 0.25) is 5.88 Å². The van der Waals surface area contributed by atoms with E-state index < -0.39 is 5.82 Å². The predicted octanol–water partition coefficient (Wildman–Crippen LogP) is 3.68. The Morgan fingerprint density at radius 1 is 1.11 bits per heavy atom. The Morgan fingerprint density at radius 3 is 2.93 bits per heavy atom. The van der Waals surface area contributed by atoms with E-state index in [-0.39, 0.29) is 11.5 Å². The monoisotopic (exact) mass is 375 g/mol. The first kappa shape index (κ1) is 16.9. The van der Waals surface area contributed by atoms with E-state index in [0.29, 0.717) is 23.7 Å². The number of amides is 1. The maximum absolute atomic E-state index is 14.3. The lowest BCUT2D eigenvalue weighted by molar-refractivity contribution is 0.102. The molecule has 6 heteroatoms. The predicted molar refractivity (Wildman–Crippen MR) is 104 cm³/mol. The van der Waals surface area contributed by atoms with Gasteiger partial charge in [-0.25, -0.2) is 9.37 Å². The zero-order chi connectivity index (χ0) is 19.1. The number of rotatable bonds is 3. The number of hydrogen-bond donors (Lipinski definition) is 2.